The standard InChI is InChI=1S/C18H24N8/c1-4-14-9-17(20-11-19-14)25-7-5-24(6-8-25)16-10-15(13(2)3)23-26-12-21-22-18(16)26/h9-13H,4-8H2,1-3H3. The second-order valence-corrected chi connectivity index (χ2v) is 6.90. The number of nitrogens with zero attached hydrogens (tertiary/aromatic N) is 8. The van der Waals surface area contributed by atoms with Gasteiger partial charge in [0.25, 0.3) is 0 Å². The van der Waals surface area contributed by atoms with Gasteiger partial charge in [0.05, 0.1) is 11.4 Å². The normalized spacial score (nSPS) is 15.2. The van der Waals surface area contributed by atoms with E-state index in [-0.39, 0.29) is 0 Å². The van der Waals surface area contributed by atoms with Crippen molar-refractivity contribution in [2.24, 2.45) is 0 Å². The fraction of sp³-hybridized carbons (Fsp3) is 0.500. The van der Waals surface area contributed by atoms with Gasteiger partial charge >= 0.3 is 0 Å². The van der Waals surface area contributed by atoms with Crippen LogP contribution in [0.3, 0.4) is 0 Å². The van der Waals surface area contributed by atoms with Crippen LogP contribution in [0.2, 0.25) is 0 Å². The quantitative estimate of drug-likeness (QED) is 0.710. The summed E-state index contributed by atoms with van der Waals surface area (Å²) in [6.07, 6.45) is 4.27. The molecule has 0 radical (unpaired) electrons. The minimum absolute atomic E-state index is 0.357. The van der Waals surface area contributed by atoms with Gasteiger partial charge in [-0.1, -0.05) is 20.8 Å². The number of rotatable bonds is 4. The molecule has 0 saturated carbocycles. The maximum Gasteiger partial charge on any atom is 0.200 e. The van der Waals surface area contributed by atoms with Crippen molar-refractivity contribution in [3.05, 3.63) is 36.2 Å². The van der Waals surface area contributed by atoms with E-state index in [1.165, 1.54) is 0 Å². The SMILES string of the molecule is CCc1cc(N2CCN(c3cc(C(C)C)nn4cnnc34)CC2)ncn1. The molecule has 0 aliphatic carbocycles. The highest BCUT2D eigenvalue weighted by atomic mass is 15.4. The molecule has 0 spiro atoms. The molecule has 0 amide bonds. The maximum absolute atomic E-state index is 4.61. The number of fused-ring (bicyclic) bond motifs is 1. The molecule has 1 saturated heterocycles. The molecular formula is C18H24N8. The fourth-order valence-electron chi connectivity index (χ4n) is 3.27. The largest absolute Gasteiger partial charge is 0.365 e. The summed E-state index contributed by atoms with van der Waals surface area (Å²) in [5.41, 5.74) is 4.06. The van der Waals surface area contributed by atoms with Crippen LogP contribution in [-0.4, -0.2) is 56.0 Å². The van der Waals surface area contributed by atoms with Gasteiger partial charge in [0, 0.05) is 37.9 Å². The number of hydrogen-bond acceptors (Lipinski definition) is 7. The lowest BCUT2D eigenvalue weighted by Gasteiger charge is -2.36. The van der Waals surface area contributed by atoms with Crippen molar-refractivity contribution in [2.45, 2.75) is 33.1 Å². The van der Waals surface area contributed by atoms with Crippen molar-refractivity contribution < 1.29 is 0 Å². The molecule has 0 aromatic carbocycles. The molecule has 136 valence electrons. The third kappa shape index (κ3) is 3.07. The summed E-state index contributed by atoms with van der Waals surface area (Å²) in [5, 5.41) is 12.9. The van der Waals surface area contributed by atoms with Gasteiger partial charge in [-0.3, -0.25) is 0 Å². The predicted octanol–water partition coefficient (Wildman–Crippen LogP) is 1.93. The Kier molecular flexibility index (Phi) is 4.40. The van der Waals surface area contributed by atoms with Crippen LogP contribution in [0, 0.1) is 0 Å². The average Bonchev–Trinajstić information content (AvgIpc) is 3.16. The van der Waals surface area contributed by atoms with Crippen molar-refractivity contribution in [1.82, 2.24) is 29.8 Å². The first-order valence-electron chi connectivity index (χ1n) is 9.17. The van der Waals surface area contributed by atoms with Gasteiger partial charge in [0.2, 0.25) is 5.65 Å². The van der Waals surface area contributed by atoms with E-state index in [1.54, 1.807) is 17.2 Å². The highest BCUT2D eigenvalue weighted by Gasteiger charge is 2.22. The van der Waals surface area contributed by atoms with Crippen molar-refractivity contribution in [1.29, 1.82) is 0 Å². The zero-order valence-electron chi connectivity index (χ0n) is 15.5. The van der Waals surface area contributed by atoms with Crippen LogP contribution in [0.25, 0.3) is 5.65 Å². The third-order valence-corrected chi connectivity index (χ3v) is 4.87. The van der Waals surface area contributed by atoms with E-state index in [4.69, 9.17) is 0 Å². The Morgan fingerprint density at radius 3 is 2.54 bits per heavy atom. The van der Waals surface area contributed by atoms with Crippen LogP contribution in [0.4, 0.5) is 11.5 Å². The summed E-state index contributed by atoms with van der Waals surface area (Å²) in [7, 11) is 0. The maximum atomic E-state index is 4.61. The third-order valence-electron chi connectivity index (χ3n) is 4.87. The first-order chi connectivity index (χ1) is 12.7. The number of hydrogen-bond donors (Lipinski definition) is 0. The lowest BCUT2D eigenvalue weighted by molar-refractivity contribution is 0.643. The lowest BCUT2D eigenvalue weighted by atomic mass is 10.1. The molecule has 0 atom stereocenters. The second kappa shape index (κ2) is 6.86. The zero-order chi connectivity index (χ0) is 18.1. The van der Waals surface area contributed by atoms with E-state index in [1.807, 2.05) is 0 Å². The van der Waals surface area contributed by atoms with Gasteiger partial charge in [0.1, 0.15) is 18.5 Å². The van der Waals surface area contributed by atoms with Gasteiger partial charge in [-0.25, -0.2) is 9.97 Å². The molecule has 8 nitrogen and oxygen atoms in total. The van der Waals surface area contributed by atoms with Crippen LogP contribution >= 0.6 is 0 Å². The van der Waals surface area contributed by atoms with E-state index >= 15 is 0 Å². The number of aromatic nitrogens is 6. The van der Waals surface area contributed by atoms with Crippen molar-refractivity contribution in [2.75, 3.05) is 36.0 Å². The Bertz CT molecular complexity index is 895. The number of anilines is 2. The van der Waals surface area contributed by atoms with Crippen LogP contribution in [0.5, 0.6) is 0 Å². The molecular weight excluding hydrogens is 328 g/mol. The molecule has 3 aromatic rings. The first-order valence-corrected chi connectivity index (χ1v) is 9.17. The lowest BCUT2D eigenvalue weighted by Crippen LogP contribution is -2.47. The molecule has 1 aliphatic heterocycles. The smallest absolute Gasteiger partial charge is 0.200 e. The minimum atomic E-state index is 0.357. The van der Waals surface area contributed by atoms with Gasteiger partial charge in [-0.15, -0.1) is 10.2 Å². The van der Waals surface area contributed by atoms with Crippen molar-refractivity contribution in [3.8, 4) is 0 Å². The fourth-order valence-corrected chi connectivity index (χ4v) is 3.27. The Hall–Kier alpha value is -2.77. The molecule has 8 heteroatoms. The summed E-state index contributed by atoms with van der Waals surface area (Å²) in [5.74, 6) is 1.37. The van der Waals surface area contributed by atoms with E-state index in [0.29, 0.717) is 5.92 Å². The summed E-state index contributed by atoms with van der Waals surface area (Å²) in [6, 6.07) is 4.25. The molecule has 0 bridgehead atoms. The highest BCUT2D eigenvalue weighted by Crippen LogP contribution is 2.25. The van der Waals surface area contributed by atoms with Crippen LogP contribution in [0.15, 0.2) is 24.8 Å². The van der Waals surface area contributed by atoms with Crippen molar-refractivity contribution >= 4 is 17.2 Å². The average molecular weight is 352 g/mol. The van der Waals surface area contributed by atoms with E-state index in [9.17, 15) is 0 Å². The van der Waals surface area contributed by atoms with Crippen molar-refractivity contribution in [3.63, 3.8) is 0 Å². The molecule has 26 heavy (non-hydrogen) atoms. The van der Waals surface area contributed by atoms with E-state index in [0.717, 1.165) is 61.1 Å². The molecule has 4 rings (SSSR count). The van der Waals surface area contributed by atoms with E-state index in [2.05, 4.69) is 68.0 Å². The molecule has 4 heterocycles. The topological polar surface area (TPSA) is 75.3 Å². The van der Waals surface area contributed by atoms with Crippen LogP contribution < -0.4 is 9.80 Å². The molecule has 0 unspecified atom stereocenters. The number of piperazine rings is 1. The Balaban J connectivity index is 1.56. The summed E-state index contributed by atoms with van der Waals surface area (Å²) < 4.78 is 1.79. The first kappa shape index (κ1) is 16.7. The van der Waals surface area contributed by atoms with Gasteiger partial charge in [-0.2, -0.15) is 9.61 Å². The Morgan fingerprint density at radius 2 is 1.81 bits per heavy atom. The van der Waals surface area contributed by atoms with Crippen LogP contribution in [-0.2, 0) is 6.42 Å². The molecule has 3 aromatic heterocycles. The second-order valence-electron chi connectivity index (χ2n) is 6.90. The highest BCUT2D eigenvalue weighted by molar-refractivity contribution is 5.69. The van der Waals surface area contributed by atoms with Crippen LogP contribution in [0.1, 0.15) is 38.1 Å². The monoisotopic (exact) mass is 352 g/mol. The molecule has 1 aliphatic rings. The molecule has 1 fully saturated rings. The Morgan fingerprint density at radius 1 is 1.04 bits per heavy atom. The Labute approximate surface area is 152 Å². The van der Waals surface area contributed by atoms with E-state index < -0.39 is 0 Å². The molecule has 0 N–H and O–H groups in total. The predicted molar refractivity (Wildman–Crippen MR) is 101 cm³/mol. The zero-order valence-corrected chi connectivity index (χ0v) is 15.5. The van der Waals surface area contributed by atoms with Gasteiger partial charge in [0.15, 0.2) is 0 Å². The van der Waals surface area contributed by atoms with Gasteiger partial charge in [-0.05, 0) is 18.4 Å². The number of aryl methyl sites for hydroxylation is 1. The summed E-state index contributed by atoms with van der Waals surface area (Å²) >= 11 is 0. The summed E-state index contributed by atoms with van der Waals surface area (Å²) in [6.45, 7) is 10.1. The minimum Gasteiger partial charge on any atom is -0.365 e. The van der Waals surface area contributed by atoms with Gasteiger partial charge < -0.3 is 9.80 Å². The summed E-state index contributed by atoms with van der Waals surface area (Å²) in [4.78, 5) is 13.4.